The van der Waals surface area contributed by atoms with Crippen molar-refractivity contribution in [3.63, 3.8) is 0 Å². The molecule has 0 aliphatic carbocycles. The Hall–Kier alpha value is -3.49. The summed E-state index contributed by atoms with van der Waals surface area (Å²) in [5.41, 5.74) is -0.258. The molecule has 0 radical (unpaired) electrons. The molecule has 30 heavy (non-hydrogen) atoms. The second kappa shape index (κ2) is 8.89. The number of nitrogens with zero attached hydrogens (tertiary/aromatic N) is 2. The molecule has 0 aliphatic heterocycles. The highest BCUT2D eigenvalue weighted by molar-refractivity contribution is 6.04. The van der Waals surface area contributed by atoms with Crippen LogP contribution in [0.25, 0.3) is 0 Å². The number of benzene rings is 2. The molecule has 2 amide bonds. The van der Waals surface area contributed by atoms with Gasteiger partial charge in [-0.25, -0.2) is 9.18 Å². The van der Waals surface area contributed by atoms with E-state index in [2.05, 4.69) is 5.32 Å². The molecule has 0 heterocycles. The van der Waals surface area contributed by atoms with Gasteiger partial charge in [0.05, 0.1) is 10.5 Å². The minimum Gasteiger partial charge on any atom is -0.444 e. The second-order valence-electron chi connectivity index (χ2n) is 7.85. The largest absolute Gasteiger partial charge is 0.444 e. The highest BCUT2D eigenvalue weighted by atomic mass is 19.1. The van der Waals surface area contributed by atoms with Crippen molar-refractivity contribution in [2.75, 3.05) is 12.4 Å². The Morgan fingerprint density at radius 2 is 1.90 bits per heavy atom. The number of carbonyl (C=O) groups is 2. The average Bonchev–Trinajstić information content (AvgIpc) is 2.62. The molecular weight excluding hydrogens is 393 g/mol. The van der Waals surface area contributed by atoms with Crippen LogP contribution in [0.1, 0.15) is 42.3 Å². The van der Waals surface area contributed by atoms with Gasteiger partial charge in [0.1, 0.15) is 11.4 Å². The molecule has 9 heteroatoms. The maximum absolute atomic E-state index is 14.0. The zero-order valence-electron chi connectivity index (χ0n) is 17.5. The third kappa shape index (κ3) is 6.00. The lowest BCUT2D eigenvalue weighted by Crippen LogP contribution is -2.33. The van der Waals surface area contributed by atoms with E-state index in [1.165, 1.54) is 11.8 Å². The lowest BCUT2D eigenvalue weighted by molar-refractivity contribution is -0.385. The number of nitro benzene ring substituents is 1. The first-order valence-corrected chi connectivity index (χ1v) is 9.16. The molecule has 0 atom stereocenters. The van der Waals surface area contributed by atoms with Crippen molar-refractivity contribution >= 4 is 23.4 Å². The molecule has 2 aromatic carbocycles. The highest BCUT2D eigenvalue weighted by Gasteiger charge is 2.21. The molecule has 0 spiro atoms. The van der Waals surface area contributed by atoms with E-state index in [4.69, 9.17) is 4.74 Å². The van der Waals surface area contributed by atoms with Crippen molar-refractivity contribution in [1.82, 2.24) is 4.90 Å². The van der Waals surface area contributed by atoms with Crippen molar-refractivity contribution in [2.45, 2.75) is 39.8 Å². The number of carbonyl (C=O) groups excluding carboxylic acids is 2. The van der Waals surface area contributed by atoms with E-state index in [-0.39, 0.29) is 17.7 Å². The Kier molecular flexibility index (Phi) is 6.76. The van der Waals surface area contributed by atoms with Gasteiger partial charge in [-0.3, -0.25) is 14.9 Å². The first-order valence-electron chi connectivity index (χ1n) is 9.16. The molecule has 0 fully saturated rings. The first kappa shape index (κ1) is 22.8. The van der Waals surface area contributed by atoms with Gasteiger partial charge in [-0.2, -0.15) is 0 Å². The van der Waals surface area contributed by atoms with Crippen molar-refractivity contribution in [3.8, 4) is 0 Å². The molecule has 0 aromatic heterocycles. The number of nitro groups is 1. The lowest BCUT2D eigenvalue weighted by atomic mass is 10.1. The van der Waals surface area contributed by atoms with E-state index in [1.54, 1.807) is 52.1 Å². The fourth-order valence-electron chi connectivity index (χ4n) is 2.61. The molecule has 2 rings (SSSR count). The van der Waals surface area contributed by atoms with Crippen LogP contribution < -0.4 is 5.32 Å². The number of halogens is 1. The van der Waals surface area contributed by atoms with Gasteiger partial charge in [-0.1, -0.05) is 12.1 Å². The number of hydrogen-bond donors (Lipinski definition) is 1. The predicted octanol–water partition coefficient (Wildman–Crippen LogP) is 4.66. The topological polar surface area (TPSA) is 102 Å². The summed E-state index contributed by atoms with van der Waals surface area (Å²) in [4.78, 5) is 36.3. The Morgan fingerprint density at radius 3 is 2.50 bits per heavy atom. The van der Waals surface area contributed by atoms with Crippen LogP contribution in [-0.4, -0.2) is 34.5 Å². The smallest absolute Gasteiger partial charge is 0.410 e. The van der Waals surface area contributed by atoms with E-state index in [0.717, 1.165) is 17.7 Å². The summed E-state index contributed by atoms with van der Waals surface area (Å²) in [6, 6.07) is 8.72. The number of anilines is 1. The summed E-state index contributed by atoms with van der Waals surface area (Å²) in [5, 5.41) is 13.7. The summed E-state index contributed by atoms with van der Waals surface area (Å²) >= 11 is 0. The van der Waals surface area contributed by atoms with E-state index < -0.39 is 34.0 Å². The SMILES string of the molecule is Cc1c(F)cc(C(=O)Nc2cccc(CN(C)C(=O)OC(C)(C)C)c2)cc1[N+](=O)[O-]. The van der Waals surface area contributed by atoms with E-state index >= 15 is 0 Å². The number of rotatable bonds is 5. The normalized spacial score (nSPS) is 11.0. The Balaban J connectivity index is 2.15. The van der Waals surface area contributed by atoms with Gasteiger partial charge < -0.3 is 15.0 Å². The maximum atomic E-state index is 14.0. The number of amides is 2. The van der Waals surface area contributed by atoms with Crippen molar-refractivity contribution in [1.29, 1.82) is 0 Å². The molecule has 0 unspecified atom stereocenters. The third-order valence-corrected chi connectivity index (χ3v) is 4.09. The Labute approximate surface area is 173 Å². The fraction of sp³-hybridized carbons (Fsp3) is 0.333. The zero-order valence-corrected chi connectivity index (χ0v) is 17.5. The van der Waals surface area contributed by atoms with Gasteiger partial charge in [0.2, 0.25) is 0 Å². The van der Waals surface area contributed by atoms with E-state index in [0.29, 0.717) is 5.69 Å². The van der Waals surface area contributed by atoms with Crippen molar-refractivity contribution in [2.24, 2.45) is 0 Å². The van der Waals surface area contributed by atoms with Gasteiger partial charge in [0.15, 0.2) is 0 Å². The Bertz CT molecular complexity index is 985. The number of hydrogen-bond acceptors (Lipinski definition) is 5. The zero-order chi connectivity index (χ0) is 22.6. The van der Waals surface area contributed by atoms with Gasteiger partial charge >= 0.3 is 6.09 Å². The van der Waals surface area contributed by atoms with E-state index in [9.17, 15) is 24.1 Å². The van der Waals surface area contributed by atoms with Crippen LogP contribution >= 0.6 is 0 Å². The molecule has 0 saturated carbocycles. The van der Waals surface area contributed by atoms with Crippen LogP contribution in [0, 0.1) is 22.9 Å². The average molecular weight is 417 g/mol. The van der Waals surface area contributed by atoms with Crippen molar-refractivity contribution in [3.05, 3.63) is 69.0 Å². The lowest BCUT2D eigenvalue weighted by Gasteiger charge is -2.24. The second-order valence-corrected chi connectivity index (χ2v) is 7.85. The summed E-state index contributed by atoms with van der Waals surface area (Å²) in [5.74, 6) is -1.52. The van der Waals surface area contributed by atoms with Gasteiger partial charge in [0.25, 0.3) is 11.6 Å². The molecular formula is C21H24FN3O5. The third-order valence-electron chi connectivity index (χ3n) is 4.09. The quantitative estimate of drug-likeness (QED) is 0.563. The van der Waals surface area contributed by atoms with Crippen LogP contribution in [0.4, 0.5) is 20.6 Å². The molecule has 1 N–H and O–H groups in total. The monoisotopic (exact) mass is 417 g/mol. The summed E-state index contributed by atoms with van der Waals surface area (Å²) in [6.07, 6.45) is -0.487. The summed E-state index contributed by atoms with van der Waals surface area (Å²) in [6.45, 7) is 6.83. The standard InChI is InChI=1S/C21H24FN3O5/c1-13-17(22)10-15(11-18(13)25(28)29)19(26)23-16-8-6-7-14(9-16)12-24(5)20(27)30-21(2,3)4/h6-11H,12H2,1-5H3,(H,23,26). The Morgan fingerprint density at radius 1 is 1.23 bits per heavy atom. The molecule has 0 saturated heterocycles. The maximum Gasteiger partial charge on any atom is 0.410 e. The molecule has 8 nitrogen and oxygen atoms in total. The number of nitrogens with one attached hydrogen (secondary N) is 1. The van der Waals surface area contributed by atoms with Gasteiger partial charge in [-0.15, -0.1) is 0 Å². The van der Waals surface area contributed by atoms with Gasteiger partial charge in [-0.05, 0) is 51.5 Å². The summed E-state index contributed by atoms with van der Waals surface area (Å²) in [7, 11) is 1.59. The van der Waals surface area contributed by atoms with Gasteiger partial charge in [0, 0.05) is 30.9 Å². The first-order chi connectivity index (χ1) is 13.9. The predicted molar refractivity (Wildman–Crippen MR) is 110 cm³/mol. The fourth-order valence-corrected chi connectivity index (χ4v) is 2.61. The van der Waals surface area contributed by atoms with E-state index in [1.807, 2.05) is 0 Å². The molecule has 0 bridgehead atoms. The number of ether oxygens (including phenoxy) is 1. The molecule has 0 aliphatic rings. The molecule has 160 valence electrons. The van der Waals surface area contributed by atoms with Crippen LogP contribution in [0.3, 0.4) is 0 Å². The van der Waals surface area contributed by atoms with Crippen molar-refractivity contribution < 1.29 is 23.6 Å². The molecule has 2 aromatic rings. The van der Waals surface area contributed by atoms with Crippen LogP contribution in [0.15, 0.2) is 36.4 Å². The highest BCUT2D eigenvalue weighted by Crippen LogP contribution is 2.24. The minimum atomic E-state index is -0.831. The van der Waals surface area contributed by atoms with Crippen LogP contribution in [-0.2, 0) is 11.3 Å². The van der Waals surface area contributed by atoms with Crippen LogP contribution in [0.2, 0.25) is 0 Å². The summed E-state index contributed by atoms with van der Waals surface area (Å²) < 4.78 is 19.3. The minimum absolute atomic E-state index is 0.135. The van der Waals surface area contributed by atoms with Crippen LogP contribution in [0.5, 0.6) is 0 Å².